The molecule has 0 radical (unpaired) electrons. The zero-order valence-electron chi connectivity index (χ0n) is 15.6. The van der Waals surface area contributed by atoms with E-state index in [0.29, 0.717) is 6.42 Å². The summed E-state index contributed by atoms with van der Waals surface area (Å²) in [4.78, 5) is 13.7. The van der Waals surface area contributed by atoms with Crippen molar-refractivity contribution in [2.24, 2.45) is 0 Å². The highest BCUT2D eigenvalue weighted by molar-refractivity contribution is 8.04. The number of allylic oxidation sites excluding steroid dienone is 1. The maximum atomic E-state index is 11.6. The first-order valence-corrected chi connectivity index (χ1v) is 10.3. The van der Waals surface area contributed by atoms with Gasteiger partial charge in [-0.1, -0.05) is 62.1 Å². The molecule has 136 valence electrons. The maximum absolute atomic E-state index is 11.6. The van der Waals surface area contributed by atoms with Crippen LogP contribution in [0.2, 0.25) is 0 Å². The van der Waals surface area contributed by atoms with E-state index in [4.69, 9.17) is 4.74 Å². The molecule has 0 N–H and O–H groups in total. The van der Waals surface area contributed by atoms with Crippen molar-refractivity contribution in [1.29, 1.82) is 0 Å². The van der Waals surface area contributed by atoms with Crippen LogP contribution < -0.4 is 0 Å². The number of hydrogen-bond donors (Lipinski definition) is 0. The van der Waals surface area contributed by atoms with Crippen molar-refractivity contribution in [1.82, 2.24) is 0 Å². The molecule has 0 aliphatic carbocycles. The molecule has 25 heavy (non-hydrogen) atoms. The van der Waals surface area contributed by atoms with Gasteiger partial charge < -0.3 is 4.74 Å². The number of aryl methyl sites for hydroxylation is 1. The third-order valence-electron chi connectivity index (χ3n) is 3.44. The Morgan fingerprint density at radius 2 is 1.96 bits per heavy atom. The SMILES string of the molecule is C=CC(=C)SC(C)/C=C(\SCC)C(Cc1ccc(C)cc1)OC(C)=O. The average molecular weight is 377 g/mol. The first-order valence-electron chi connectivity index (χ1n) is 8.41. The normalized spacial score (nSPS) is 13.8. The van der Waals surface area contributed by atoms with E-state index >= 15 is 0 Å². The molecule has 0 saturated carbocycles. The minimum Gasteiger partial charge on any atom is -0.457 e. The van der Waals surface area contributed by atoms with Crippen molar-refractivity contribution >= 4 is 29.5 Å². The Balaban J connectivity index is 3.03. The molecular formula is C21H28O2S2. The molecule has 2 nitrogen and oxygen atoms in total. The van der Waals surface area contributed by atoms with Crippen LogP contribution in [-0.4, -0.2) is 23.1 Å². The predicted octanol–water partition coefficient (Wildman–Crippen LogP) is 5.93. The Labute approximate surface area is 160 Å². The molecule has 0 bridgehead atoms. The minimum absolute atomic E-state index is 0.232. The molecule has 0 spiro atoms. The largest absolute Gasteiger partial charge is 0.457 e. The first-order chi connectivity index (χ1) is 11.8. The number of benzene rings is 1. The zero-order chi connectivity index (χ0) is 18.8. The Bertz CT molecular complexity index is 617. The Morgan fingerprint density at radius 1 is 1.32 bits per heavy atom. The molecule has 2 atom stereocenters. The van der Waals surface area contributed by atoms with Crippen LogP contribution in [0, 0.1) is 6.92 Å². The number of carbonyl (C=O) groups is 1. The Hall–Kier alpha value is -1.39. The quantitative estimate of drug-likeness (QED) is 0.373. The maximum Gasteiger partial charge on any atom is 0.303 e. The van der Waals surface area contributed by atoms with Crippen LogP contribution in [0.1, 0.15) is 31.9 Å². The minimum atomic E-state index is -0.259. The lowest BCUT2D eigenvalue weighted by molar-refractivity contribution is -0.144. The molecule has 1 aromatic rings. The molecule has 0 heterocycles. The van der Waals surface area contributed by atoms with Crippen molar-refractivity contribution in [3.63, 3.8) is 0 Å². The van der Waals surface area contributed by atoms with Crippen LogP contribution >= 0.6 is 23.5 Å². The first kappa shape index (κ1) is 21.7. The highest BCUT2D eigenvalue weighted by atomic mass is 32.2. The van der Waals surface area contributed by atoms with E-state index in [-0.39, 0.29) is 17.3 Å². The molecule has 0 aliphatic heterocycles. The van der Waals surface area contributed by atoms with Gasteiger partial charge in [-0.05, 0) is 25.2 Å². The molecule has 0 fully saturated rings. The van der Waals surface area contributed by atoms with Gasteiger partial charge in [-0.2, -0.15) is 0 Å². The summed E-state index contributed by atoms with van der Waals surface area (Å²) in [6, 6.07) is 8.36. The van der Waals surface area contributed by atoms with Crippen LogP contribution in [0.5, 0.6) is 0 Å². The lowest BCUT2D eigenvalue weighted by atomic mass is 10.1. The summed E-state index contributed by atoms with van der Waals surface area (Å²) < 4.78 is 5.65. The third kappa shape index (κ3) is 8.50. The Kier molecular flexibility index (Phi) is 9.76. The molecule has 0 saturated heterocycles. The van der Waals surface area contributed by atoms with E-state index in [0.717, 1.165) is 21.1 Å². The summed E-state index contributed by atoms with van der Waals surface area (Å²) in [5, 5.41) is 0.232. The standard InChI is InChI=1S/C21H28O2S2/c1-7-16(4)25-17(5)13-21(24-8-2)20(23-18(6)22)14-19-11-9-15(3)10-12-19/h7,9-13,17,20H,1,4,8,14H2,2-3,5-6H3/b21-13-. The van der Waals surface area contributed by atoms with E-state index in [1.165, 1.54) is 12.5 Å². The van der Waals surface area contributed by atoms with Crippen LogP contribution in [0.3, 0.4) is 0 Å². The molecule has 0 aliphatic rings. The van der Waals surface area contributed by atoms with Crippen LogP contribution in [0.15, 0.2) is 59.4 Å². The lowest BCUT2D eigenvalue weighted by Gasteiger charge is -2.21. The molecule has 4 heteroatoms. The van der Waals surface area contributed by atoms with Crippen molar-refractivity contribution < 1.29 is 9.53 Å². The third-order valence-corrected chi connectivity index (χ3v) is 5.44. The smallest absolute Gasteiger partial charge is 0.303 e. The molecular weight excluding hydrogens is 348 g/mol. The highest BCUT2D eigenvalue weighted by Crippen LogP contribution is 2.30. The van der Waals surface area contributed by atoms with Crippen molar-refractivity contribution in [2.45, 2.75) is 45.5 Å². The predicted molar refractivity (Wildman–Crippen MR) is 113 cm³/mol. The van der Waals surface area contributed by atoms with Gasteiger partial charge in [0, 0.05) is 28.4 Å². The van der Waals surface area contributed by atoms with Gasteiger partial charge in [0.15, 0.2) is 0 Å². The average Bonchev–Trinajstić information content (AvgIpc) is 2.55. The van der Waals surface area contributed by atoms with Gasteiger partial charge in [0.05, 0.1) is 0 Å². The van der Waals surface area contributed by atoms with Crippen LogP contribution in [0.25, 0.3) is 0 Å². The summed E-state index contributed by atoms with van der Waals surface area (Å²) >= 11 is 3.38. The van der Waals surface area contributed by atoms with E-state index in [9.17, 15) is 4.79 Å². The number of hydrogen-bond acceptors (Lipinski definition) is 4. The van der Waals surface area contributed by atoms with Gasteiger partial charge in [-0.15, -0.1) is 23.5 Å². The fourth-order valence-electron chi connectivity index (χ4n) is 2.31. The molecule has 2 unspecified atom stereocenters. The second-order valence-corrected chi connectivity index (χ2v) is 8.62. The van der Waals surface area contributed by atoms with Gasteiger partial charge in [-0.3, -0.25) is 4.79 Å². The van der Waals surface area contributed by atoms with Gasteiger partial charge in [-0.25, -0.2) is 0 Å². The molecule has 0 aromatic heterocycles. The van der Waals surface area contributed by atoms with E-state index in [2.05, 4.69) is 64.3 Å². The van der Waals surface area contributed by atoms with Gasteiger partial charge in [0.1, 0.15) is 6.10 Å². The van der Waals surface area contributed by atoms with Crippen molar-refractivity contribution in [2.75, 3.05) is 5.75 Å². The summed E-state index contributed by atoms with van der Waals surface area (Å²) in [6.45, 7) is 15.5. The second kappa shape index (κ2) is 11.3. The molecule has 0 amide bonds. The topological polar surface area (TPSA) is 26.3 Å². The van der Waals surface area contributed by atoms with Crippen LogP contribution in [0.4, 0.5) is 0 Å². The monoisotopic (exact) mass is 376 g/mol. The van der Waals surface area contributed by atoms with Gasteiger partial charge in [0.25, 0.3) is 0 Å². The lowest BCUT2D eigenvalue weighted by Crippen LogP contribution is -2.21. The molecule has 1 rings (SSSR count). The number of rotatable bonds is 10. The van der Waals surface area contributed by atoms with Crippen molar-refractivity contribution in [3.8, 4) is 0 Å². The second-order valence-electron chi connectivity index (χ2n) is 5.78. The van der Waals surface area contributed by atoms with Gasteiger partial charge >= 0.3 is 5.97 Å². The number of esters is 1. The van der Waals surface area contributed by atoms with Crippen molar-refractivity contribution in [3.05, 3.63) is 70.5 Å². The zero-order valence-corrected chi connectivity index (χ0v) is 17.2. The number of ether oxygens (including phenoxy) is 1. The van der Waals surface area contributed by atoms with E-state index in [1.807, 2.05) is 0 Å². The highest BCUT2D eigenvalue weighted by Gasteiger charge is 2.20. The Morgan fingerprint density at radius 3 is 2.48 bits per heavy atom. The number of thioether (sulfide) groups is 2. The van der Waals surface area contributed by atoms with Crippen LogP contribution in [-0.2, 0) is 16.0 Å². The fraction of sp³-hybridized carbons (Fsp3) is 0.381. The van der Waals surface area contributed by atoms with E-state index < -0.39 is 0 Å². The summed E-state index contributed by atoms with van der Waals surface area (Å²) in [5.41, 5.74) is 2.38. The molecule has 1 aromatic carbocycles. The number of carbonyl (C=O) groups excluding carboxylic acids is 1. The summed E-state index contributed by atoms with van der Waals surface area (Å²) in [5.74, 6) is 0.674. The van der Waals surface area contributed by atoms with Gasteiger partial charge in [0.2, 0.25) is 0 Å². The van der Waals surface area contributed by atoms with E-state index in [1.54, 1.807) is 29.6 Å². The summed E-state index contributed by atoms with van der Waals surface area (Å²) in [7, 11) is 0. The fourth-order valence-corrected chi connectivity index (χ4v) is 4.13. The summed E-state index contributed by atoms with van der Waals surface area (Å²) in [6.07, 6.45) is 4.36.